The second-order valence-corrected chi connectivity index (χ2v) is 6.09. The summed E-state index contributed by atoms with van der Waals surface area (Å²) in [6.45, 7) is 5.57. The van der Waals surface area contributed by atoms with E-state index < -0.39 is 0 Å². The fraction of sp³-hybridized carbons (Fsp3) is 0.500. The van der Waals surface area contributed by atoms with Crippen LogP contribution in [0, 0.1) is 11.3 Å². The van der Waals surface area contributed by atoms with Gasteiger partial charge in [0.25, 0.3) is 0 Å². The van der Waals surface area contributed by atoms with E-state index in [1.807, 2.05) is 12.1 Å². The highest BCUT2D eigenvalue weighted by Gasteiger charge is 2.25. The predicted molar refractivity (Wildman–Crippen MR) is 80.4 cm³/mol. The molecule has 98 valence electrons. The number of nitrogens with one attached hydrogen (secondary N) is 1. The van der Waals surface area contributed by atoms with Gasteiger partial charge in [-0.1, -0.05) is 13.0 Å². The second-order valence-electron chi connectivity index (χ2n) is 5.23. The second kappa shape index (κ2) is 5.31. The first-order chi connectivity index (χ1) is 8.50. The van der Waals surface area contributed by atoms with E-state index in [1.165, 1.54) is 12.8 Å². The number of nitrogens with zero attached hydrogens (tertiary/aromatic N) is 1. The number of nitrogens with two attached hydrogens (primary N) is 1. The van der Waals surface area contributed by atoms with Crippen LogP contribution in [0.1, 0.15) is 32.3 Å². The van der Waals surface area contributed by atoms with Crippen LogP contribution in [0.5, 0.6) is 0 Å². The third-order valence-corrected chi connectivity index (χ3v) is 4.35. The number of nitrogen functional groups attached to an aromatic ring is 1. The minimum atomic E-state index is 0.128. The molecule has 2 unspecified atom stereocenters. The average molecular weight is 310 g/mol. The lowest BCUT2D eigenvalue weighted by atomic mass is 9.93. The standard InChI is InChI=1S/C14H20BrN3/c1-9-6-7-10(2)18(8-9)12-5-3-4-11(15)13(12)14(16)17/h3-5,9-10H,6-8H2,1-2H3,(H3,16,17). The topological polar surface area (TPSA) is 53.1 Å². The Morgan fingerprint density at radius 3 is 2.78 bits per heavy atom. The van der Waals surface area contributed by atoms with Gasteiger partial charge in [-0.05, 0) is 53.7 Å². The van der Waals surface area contributed by atoms with Crippen molar-refractivity contribution >= 4 is 27.5 Å². The first-order valence-electron chi connectivity index (χ1n) is 6.40. The van der Waals surface area contributed by atoms with E-state index in [-0.39, 0.29) is 5.84 Å². The van der Waals surface area contributed by atoms with Gasteiger partial charge in [-0.3, -0.25) is 5.41 Å². The van der Waals surface area contributed by atoms with E-state index in [2.05, 4.69) is 40.7 Å². The SMILES string of the molecule is CC1CCC(C)N(c2cccc(Br)c2C(=N)N)C1. The summed E-state index contributed by atoms with van der Waals surface area (Å²) >= 11 is 3.50. The number of hydrogen-bond acceptors (Lipinski definition) is 2. The van der Waals surface area contributed by atoms with Crippen molar-refractivity contribution in [2.45, 2.75) is 32.7 Å². The summed E-state index contributed by atoms with van der Waals surface area (Å²) in [5, 5.41) is 7.77. The Balaban J connectivity index is 2.43. The first-order valence-corrected chi connectivity index (χ1v) is 7.19. The molecule has 1 aliphatic rings. The summed E-state index contributed by atoms with van der Waals surface area (Å²) in [6.07, 6.45) is 2.48. The van der Waals surface area contributed by atoms with Gasteiger partial charge in [-0.15, -0.1) is 0 Å². The zero-order valence-corrected chi connectivity index (χ0v) is 12.5. The van der Waals surface area contributed by atoms with Crippen LogP contribution < -0.4 is 10.6 Å². The molecule has 2 atom stereocenters. The first kappa shape index (κ1) is 13.4. The molecule has 3 N–H and O–H groups in total. The fourth-order valence-electron chi connectivity index (χ4n) is 2.64. The van der Waals surface area contributed by atoms with E-state index in [4.69, 9.17) is 11.1 Å². The molecule has 2 rings (SSSR count). The molecule has 18 heavy (non-hydrogen) atoms. The summed E-state index contributed by atoms with van der Waals surface area (Å²) in [7, 11) is 0. The average Bonchev–Trinajstić information content (AvgIpc) is 2.31. The van der Waals surface area contributed by atoms with Crippen LogP contribution in [0.4, 0.5) is 5.69 Å². The third kappa shape index (κ3) is 2.53. The smallest absolute Gasteiger partial charge is 0.126 e. The van der Waals surface area contributed by atoms with Gasteiger partial charge < -0.3 is 10.6 Å². The molecule has 1 heterocycles. The van der Waals surface area contributed by atoms with Crippen molar-refractivity contribution in [2.24, 2.45) is 11.7 Å². The summed E-state index contributed by atoms with van der Waals surface area (Å²) in [6, 6.07) is 6.53. The monoisotopic (exact) mass is 309 g/mol. The van der Waals surface area contributed by atoms with Crippen LogP contribution in [0.15, 0.2) is 22.7 Å². The summed E-state index contributed by atoms with van der Waals surface area (Å²) in [5.41, 5.74) is 7.63. The van der Waals surface area contributed by atoms with Gasteiger partial charge in [0.2, 0.25) is 0 Å². The molecule has 0 aliphatic carbocycles. The Kier molecular flexibility index (Phi) is 3.95. The van der Waals surface area contributed by atoms with Crippen molar-refractivity contribution < 1.29 is 0 Å². The highest BCUT2D eigenvalue weighted by molar-refractivity contribution is 9.10. The van der Waals surface area contributed by atoms with Crippen molar-refractivity contribution in [1.29, 1.82) is 5.41 Å². The molecule has 1 aromatic carbocycles. The van der Waals surface area contributed by atoms with Gasteiger partial charge in [0.1, 0.15) is 5.84 Å². The molecular weight excluding hydrogens is 290 g/mol. The number of amidine groups is 1. The van der Waals surface area contributed by atoms with Gasteiger partial charge in [0.15, 0.2) is 0 Å². The molecule has 0 bridgehead atoms. The molecule has 1 aliphatic heterocycles. The number of hydrogen-bond donors (Lipinski definition) is 2. The number of rotatable bonds is 2. The van der Waals surface area contributed by atoms with Crippen molar-refractivity contribution in [2.75, 3.05) is 11.4 Å². The van der Waals surface area contributed by atoms with E-state index >= 15 is 0 Å². The summed E-state index contributed by atoms with van der Waals surface area (Å²) in [5.74, 6) is 0.822. The Labute approximate surface area is 117 Å². The molecule has 1 fully saturated rings. The van der Waals surface area contributed by atoms with E-state index in [9.17, 15) is 0 Å². The summed E-state index contributed by atoms with van der Waals surface area (Å²) in [4.78, 5) is 2.38. The molecule has 4 heteroatoms. The number of anilines is 1. The molecular formula is C14H20BrN3. The number of benzene rings is 1. The predicted octanol–water partition coefficient (Wildman–Crippen LogP) is 3.36. The molecule has 1 aromatic rings. The maximum absolute atomic E-state index is 7.77. The van der Waals surface area contributed by atoms with Crippen LogP contribution in [0.3, 0.4) is 0 Å². The van der Waals surface area contributed by atoms with Crippen molar-refractivity contribution in [3.63, 3.8) is 0 Å². The minimum Gasteiger partial charge on any atom is -0.384 e. The number of piperidine rings is 1. The molecule has 0 amide bonds. The van der Waals surface area contributed by atoms with Crippen molar-refractivity contribution in [3.8, 4) is 0 Å². The quantitative estimate of drug-likeness (QED) is 0.650. The third-order valence-electron chi connectivity index (χ3n) is 3.69. The zero-order valence-electron chi connectivity index (χ0n) is 10.9. The largest absolute Gasteiger partial charge is 0.384 e. The van der Waals surface area contributed by atoms with Gasteiger partial charge >= 0.3 is 0 Å². The Morgan fingerprint density at radius 2 is 2.11 bits per heavy atom. The van der Waals surface area contributed by atoms with E-state index in [1.54, 1.807) is 0 Å². The Morgan fingerprint density at radius 1 is 1.39 bits per heavy atom. The maximum atomic E-state index is 7.77. The molecule has 0 spiro atoms. The van der Waals surface area contributed by atoms with Crippen molar-refractivity contribution in [1.82, 2.24) is 0 Å². The molecule has 3 nitrogen and oxygen atoms in total. The lowest BCUT2D eigenvalue weighted by Crippen LogP contribution is -2.42. The summed E-state index contributed by atoms with van der Waals surface area (Å²) < 4.78 is 0.901. The van der Waals surface area contributed by atoms with Crippen LogP contribution in [0.25, 0.3) is 0 Å². The van der Waals surface area contributed by atoms with Gasteiger partial charge in [0, 0.05) is 22.7 Å². The van der Waals surface area contributed by atoms with Crippen LogP contribution in [0.2, 0.25) is 0 Å². The van der Waals surface area contributed by atoms with Gasteiger partial charge in [-0.2, -0.15) is 0 Å². The number of halogens is 1. The Hall–Kier alpha value is -1.03. The van der Waals surface area contributed by atoms with Gasteiger partial charge in [0.05, 0.1) is 5.56 Å². The van der Waals surface area contributed by atoms with E-state index in [0.717, 1.165) is 22.3 Å². The van der Waals surface area contributed by atoms with Gasteiger partial charge in [-0.25, -0.2) is 0 Å². The normalized spacial score (nSPS) is 24.1. The minimum absolute atomic E-state index is 0.128. The Bertz CT molecular complexity index is 458. The van der Waals surface area contributed by atoms with Crippen LogP contribution in [-0.2, 0) is 0 Å². The fourth-order valence-corrected chi connectivity index (χ4v) is 3.21. The molecule has 1 saturated heterocycles. The van der Waals surface area contributed by atoms with Crippen molar-refractivity contribution in [3.05, 3.63) is 28.2 Å². The molecule has 0 saturated carbocycles. The molecule has 0 radical (unpaired) electrons. The van der Waals surface area contributed by atoms with E-state index in [0.29, 0.717) is 12.0 Å². The van der Waals surface area contributed by atoms with Crippen LogP contribution >= 0.6 is 15.9 Å². The maximum Gasteiger partial charge on any atom is 0.126 e. The zero-order chi connectivity index (χ0) is 13.3. The lowest BCUT2D eigenvalue weighted by Gasteiger charge is -2.39. The lowest BCUT2D eigenvalue weighted by molar-refractivity contribution is 0.390. The highest BCUT2D eigenvalue weighted by atomic mass is 79.9. The van der Waals surface area contributed by atoms with Crippen LogP contribution in [-0.4, -0.2) is 18.4 Å². The highest BCUT2D eigenvalue weighted by Crippen LogP contribution is 2.33. The molecule has 0 aromatic heterocycles.